The summed E-state index contributed by atoms with van der Waals surface area (Å²) in [6.07, 6.45) is -0.164. The number of amides is 1. The number of methoxy groups -OCH3 is 1. The van der Waals surface area contributed by atoms with E-state index in [0.29, 0.717) is 23.6 Å². The maximum Gasteiger partial charge on any atom is 0.335 e. The third-order valence-electron chi connectivity index (χ3n) is 3.40. The summed E-state index contributed by atoms with van der Waals surface area (Å²) < 4.78 is 10.8. The third-order valence-corrected chi connectivity index (χ3v) is 3.40. The van der Waals surface area contributed by atoms with Crippen molar-refractivity contribution in [2.24, 2.45) is 0 Å². The van der Waals surface area contributed by atoms with Crippen molar-refractivity contribution in [3.8, 4) is 11.5 Å². The van der Waals surface area contributed by atoms with Crippen molar-refractivity contribution >= 4 is 17.6 Å². The van der Waals surface area contributed by atoms with Gasteiger partial charge in [0.05, 0.1) is 12.7 Å². The van der Waals surface area contributed by atoms with Gasteiger partial charge in [-0.2, -0.15) is 0 Å². The zero-order valence-electron chi connectivity index (χ0n) is 13.5. The van der Waals surface area contributed by atoms with E-state index in [1.54, 1.807) is 43.5 Å². The number of ether oxygens (including phenoxy) is 2. The predicted molar refractivity (Wildman–Crippen MR) is 89.7 cm³/mol. The molecule has 24 heavy (non-hydrogen) atoms. The summed E-state index contributed by atoms with van der Waals surface area (Å²) in [6.45, 7) is 1.85. The molecule has 0 heterocycles. The second-order valence-corrected chi connectivity index (χ2v) is 5.06. The monoisotopic (exact) mass is 329 g/mol. The van der Waals surface area contributed by atoms with E-state index in [0.717, 1.165) is 0 Å². The van der Waals surface area contributed by atoms with Crippen LogP contribution in [0, 0.1) is 0 Å². The molecule has 0 unspecified atom stereocenters. The van der Waals surface area contributed by atoms with E-state index in [1.807, 2.05) is 6.92 Å². The van der Waals surface area contributed by atoms with Crippen LogP contribution in [-0.4, -0.2) is 30.2 Å². The van der Waals surface area contributed by atoms with Crippen LogP contribution in [0.5, 0.6) is 11.5 Å². The average molecular weight is 329 g/mol. The van der Waals surface area contributed by atoms with E-state index in [4.69, 9.17) is 14.6 Å². The van der Waals surface area contributed by atoms with Crippen LogP contribution in [0.2, 0.25) is 0 Å². The van der Waals surface area contributed by atoms with E-state index in [1.165, 1.54) is 12.1 Å². The molecule has 0 spiro atoms. The van der Waals surface area contributed by atoms with E-state index in [9.17, 15) is 9.59 Å². The van der Waals surface area contributed by atoms with Crippen LogP contribution in [0.15, 0.2) is 48.5 Å². The highest BCUT2D eigenvalue weighted by molar-refractivity contribution is 5.95. The van der Waals surface area contributed by atoms with Gasteiger partial charge in [-0.15, -0.1) is 0 Å². The lowest BCUT2D eigenvalue weighted by Gasteiger charge is -2.17. The van der Waals surface area contributed by atoms with Gasteiger partial charge in [-0.1, -0.05) is 6.92 Å². The predicted octanol–water partition coefficient (Wildman–Crippen LogP) is 3.19. The van der Waals surface area contributed by atoms with E-state index < -0.39 is 12.1 Å². The number of aromatic carboxylic acids is 1. The van der Waals surface area contributed by atoms with Gasteiger partial charge in [-0.05, 0) is 55.0 Å². The minimum atomic E-state index is -1.01. The summed E-state index contributed by atoms with van der Waals surface area (Å²) in [6, 6.07) is 12.9. The smallest absolute Gasteiger partial charge is 0.335 e. The number of carboxylic acid groups (broad SMARTS) is 1. The summed E-state index contributed by atoms with van der Waals surface area (Å²) >= 11 is 0. The summed E-state index contributed by atoms with van der Waals surface area (Å²) in [7, 11) is 1.58. The van der Waals surface area contributed by atoms with Gasteiger partial charge in [0.1, 0.15) is 11.5 Å². The average Bonchev–Trinajstić information content (AvgIpc) is 2.60. The lowest BCUT2D eigenvalue weighted by Crippen LogP contribution is -2.32. The van der Waals surface area contributed by atoms with Crippen LogP contribution in [0.1, 0.15) is 23.7 Å². The van der Waals surface area contributed by atoms with Crippen molar-refractivity contribution in [2.75, 3.05) is 12.4 Å². The normalized spacial score (nSPS) is 11.4. The summed E-state index contributed by atoms with van der Waals surface area (Å²) in [5.74, 6) is -0.0315. The summed E-state index contributed by atoms with van der Waals surface area (Å²) in [5.41, 5.74) is 0.677. The van der Waals surface area contributed by atoms with Crippen LogP contribution in [0.25, 0.3) is 0 Å². The molecule has 0 bridgehead atoms. The second kappa shape index (κ2) is 8.01. The van der Waals surface area contributed by atoms with Crippen LogP contribution < -0.4 is 14.8 Å². The van der Waals surface area contributed by atoms with Crippen molar-refractivity contribution < 1.29 is 24.2 Å². The number of carbonyl (C=O) groups is 2. The molecule has 6 heteroatoms. The zero-order chi connectivity index (χ0) is 17.5. The Bertz CT molecular complexity index is 694. The first kappa shape index (κ1) is 17.3. The molecular weight excluding hydrogens is 310 g/mol. The van der Waals surface area contributed by atoms with Gasteiger partial charge < -0.3 is 19.9 Å². The zero-order valence-corrected chi connectivity index (χ0v) is 13.5. The van der Waals surface area contributed by atoms with E-state index in [-0.39, 0.29) is 11.5 Å². The lowest BCUT2D eigenvalue weighted by molar-refractivity contribution is -0.122. The molecule has 2 rings (SSSR count). The van der Waals surface area contributed by atoms with Crippen LogP contribution in [0.4, 0.5) is 5.69 Å². The number of carboxylic acids is 1. The lowest BCUT2D eigenvalue weighted by atomic mass is 10.2. The number of carbonyl (C=O) groups excluding carboxylic acids is 1. The molecule has 2 aromatic rings. The maximum atomic E-state index is 12.3. The van der Waals surface area contributed by atoms with Gasteiger partial charge in [0, 0.05) is 5.69 Å². The number of rotatable bonds is 7. The molecule has 0 aromatic heterocycles. The molecule has 0 fully saturated rings. The van der Waals surface area contributed by atoms with E-state index in [2.05, 4.69) is 5.32 Å². The molecule has 2 N–H and O–H groups in total. The number of hydrogen-bond donors (Lipinski definition) is 2. The number of anilines is 1. The fourth-order valence-corrected chi connectivity index (χ4v) is 2.06. The molecule has 0 aliphatic rings. The number of nitrogens with one attached hydrogen (secondary N) is 1. The molecule has 0 aliphatic carbocycles. The van der Waals surface area contributed by atoms with Crippen LogP contribution >= 0.6 is 0 Å². The largest absolute Gasteiger partial charge is 0.497 e. The molecule has 0 saturated heterocycles. The van der Waals surface area contributed by atoms with Gasteiger partial charge in [-0.25, -0.2) is 4.79 Å². The fraction of sp³-hybridized carbons (Fsp3) is 0.222. The first-order valence-electron chi connectivity index (χ1n) is 7.48. The van der Waals surface area contributed by atoms with Crippen molar-refractivity contribution in [2.45, 2.75) is 19.4 Å². The first-order valence-corrected chi connectivity index (χ1v) is 7.48. The summed E-state index contributed by atoms with van der Waals surface area (Å²) in [5, 5.41) is 11.6. The van der Waals surface area contributed by atoms with Gasteiger partial charge in [0.2, 0.25) is 0 Å². The Kier molecular flexibility index (Phi) is 5.78. The van der Waals surface area contributed by atoms with Crippen LogP contribution in [0.3, 0.4) is 0 Å². The molecule has 0 saturated carbocycles. The molecule has 0 aliphatic heterocycles. The van der Waals surface area contributed by atoms with Gasteiger partial charge >= 0.3 is 5.97 Å². The van der Waals surface area contributed by atoms with Crippen LogP contribution in [-0.2, 0) is 4.79 Å². The number of benzene rings is 2. The maximum absolute atomic E-state index is 12.3. The highest BCUT2D eigenvalue weighted by Crippen LogP contribution is 2.19. The molecular formula is C18H19NO5. The topological polar surface area (TPSA) is 84.9 Å². The fourth-order valence-electron chi connectivity index (χ4n) is 2.06. The highest BCUT2D eigenvalue weighted by atomic mass is 16.5. The molecule has 0 radical (unpaired) electrons. The Morgan fingerprint density at radius 1 is 1.04 bits per heavy atom. The quantitative estimate of drug-likeness (QED) is 0.815. The number of hydrogen-bond acceptors (Lipinski definition) is 4. The Morgan fingerprint density at radius 3 is 2.12 bits per heavy atom. The first-order chi connectivity index (χ1) is 11.5. The Balaban J connectivity index is 2.00. The minimum absolute atomic E-state index is 0.162. The molecule has 1 amide bonds. The van der Waals surface area contributed by atoms with Crippen molar-refractivity contribution in [3.05, 3.63) is 54.1 Å². The van der Waals surface area contributed by atoms with Gasteiger partial charge in [0.15, 0.2) is 6.10 Å². The summed E-state index contributed by atoms with van der Waals surface area (Å²) in [4.78, 5) is 23.1. The Morgan fingerprint density at radius 2 is 1.62 bits per heavy atom. The Labute approximate surface area is 140 Å². The van der Waals surface area contributed by atoms with Crippen molar-refractivity contribution in [3.63, 3.8) is 0 Å². The van der Waals surface area contributed by atoms with Crippen molar-refractivity contribution in [1.29, 1.82) is 0 Å². The van der Waals surface area contributed by atoms with Crippen molar-refractivity contribution in [1.82, 2.24) is 0 Å². The molecule has 1 atom stereocenters. The van der Waals surface area contributed by atoms with E-state index >= 15 is 0 Å². The van der Waals surface area contributed by atoms with Gasteiger partial charge in [-0.3, -0.25) is 4.79 Å². The highest BCUT2D eigenvalue weighted by Gasteiger charge is 2.18. The molecule has 126 valence electrons. The molecule has 2 aromatic carbocycles. The molecule has 6 nitrogen and oxygen atoms in total. The van der Waals surface area contributed by atoms with Gasteiger partial charge in [0.25, 0.3) is 5.91 Å². The minimum Gasteiger partial charge on any atom is -0.497 e. The third kappa shape index (κ3) is 4.49. The SMILES string of the molecule is CC[C@@H](Oc1ccc(OC)cc1)C(=O)Nc1ccc(C(=O)O)cc1. The standard InChI is InChI=1S/C18H19NO5/c1-3-16(24-15-10-8-14(23-2)9-11-15)17(20)19-13-6-4-12(5-7-13)18(21)22/h4-11,16H,3H2,1-2H3,(H,19,20)(H,21,22)/t16-/m1/s1. The second-order valence-electron chi connectivity index (χ2n) is 5.06. The Hall–Kier alpha value is -3.02.